The Bertz CT molecular complexity index is 812. The molecule has 0 fully saturated rings. The third-order valence-corrected chi connectivity index (χ3v) is 4.84. The fourth-order valence-electron chi connectivity index (χ4n) is 3.58. The van der Waals surface area contributed by atoms with Crippen LogP contribution >= 0.6 is 0 Å². The largest absolute Gasteiger partial charge is 0.344 e. The van der Waals surface area contributed by atoms with Gasteiger partial charge in [0.25, 0.3) is 0 Å². The molecule has 0 aliphatic carbocycles. The Hall–Kier alpha value is -2.91. The van der Waals surface area contributed by atoms with Crippen molar-refractivity contribution < 1.29 is 4.79 Å². The van der Waals surface area contributed by atoms with E-state index in [1.165, 1.54) is 11.1 Å². The van der Waals surface area contributed by atoms with Crippen molar-refractivity contribution in [2.45, 2.75) is 19.1 Å². The molecule has 4 rings (SSSR count). The highest BCUT2D eigenvalue weighted by atomic mass is 16.2. The smallest absolute Gasteiger partial charge is 0.234 e. The van der Waals surface area contributed by atoms with E-state index in [0.29, 0.717) is 6.54 Å². The zero-order valence-electron chi connectivity index (χ0n) is 14.6. The molecule has 0 saturated heterocycles. The maximum Gasteiger partial charge on any atom is 0.234 e. The first-order chi connectivity index (χ1) is 12.8. The van der Waals surface area contributed by atoms with E-state index in [4.69, 9.17) is 0 Å². The number of nitrogens with one attached hydrogen (secondary N) is 1. The molecule has 0 aromatic heterocycles. The van der Waals surface area contributed by atoms with Crippen LogP contribution in [0.4, 0.5) is 0 Å². The molecule has 0 radical (unpaired) electrons. The number of amides is 1. The van der Waals surface area contributed by atoms with Crippen LogP contribution < -0.4 is 5.32 Å². The summed E-state index contributed by atoms with van der Waals surface area (Å²) in [5, 5.41) is 3.22. The number of carbonyl (C=O) groups is 1. The lowest BCUT2D eigenvalue weighted by Gasteiger charge is -2.22. The van der Waals surface area contributed by atoms with E-state index in [9.17, 15) is 4.79 Å². The number of carbonyl (C=O) groups excluding carboxylic acids is 1. The van der Waals surface area contributed by atoms with Crippen LogP contribution in [0.15, 0.2) is 84.9 Å². The number of nitrogens with zero attached hydrogens (tertiary/aromatic N) is 1. The second-order valence-corrected chi connectivity index (χ2v) is 6.74. The molecule has 1 heterocycles. The second kappa shape index (κ2) is 7.54. The van der Waals surface area contributed by atoms with Gasteiger partial charge in [-0.3, -0.25) is 9.69 Å². The van der Waals surface area contributed by atoms with E-state index >= 15 is 0 Å². The minimum atomic E-state index is -0.130. The highest BCUT2D eigenvalue weighted by Gasteiger charge is 2.22. The van der Waals surface area contributed by atoms with Crippen molar-refractivity contribution in [2.24, 2.45) is 0 Å². The molecule has 3 aromatic carbocycles. The lowest BCUT2D eigenvalue weighted by molar-refractivity contribution is -0.122. The predicted octanol–water partition coefficient (Wildman–Crippen LogP) is 3.91. The van der Waals surface area contributed by atoms with Crippen LogP contribution in [0.1, 0.15) is 28.3 Å². The number of rotatable bonds is 5. The molecule has 0 spiro atoms. The fourth-order valence-corrected chi connectivity index (χ4v) is 3.58. The van der Waals surface area contributed by atoms with Gasteiger partial charge in [0.15, 0.2) is 0 Å². The molecule has 0 bridgehead atoms. The van der Waals surface area contributed by atoms with E-state index in [0.717, 1.165) is 24.2 Å². The highest BCUT2D eigenvalue weighted by molar-refractivity contribution is 5.79. The Balaban J connectivity index is 1.47. The average Bonchev–Trinajstić information content (AvgIpc) is 3.09. The summed E-state index contributed by atoms with van der Waals surface area (Å²) in [6.45, 7) is 2.08. The molecule has 3 heteroatoms. The Labute approximate surface area is 154 Å². The number of fused-ring (bicyclic) bond motifs is 1. The summed E-state index contributed by atoms with van der Waals surface area (Å²) in [5.41, 5.74) is 4.83. The second-order valence-electron chi connectivity index (χ2n) is 6.74. The van der Waals surface area contributed by atoms with Gasteiger partial charge in [0.2, 0.25) is 5.91 Å². The van der Waals surface area contributed by atoms with E-state index in [1.54, 1.807) is 0 Å². The first kappa shape index (κ1) is 16.6. The third kappa shape index (κ3) is 3.68. The molecule has 3 nitrogen and oxygen atoms in total. The monoisotopic (exact) mass is 342 g/mol. The Kier molecular flexibility index (Phi) is 4.80. The van der Waals surface area contributed by atoms with Gasteiger partial charge in [0.05, 0.1) is 12.6 Å². The van der Waals surface area contributed by atoms with Crippen molar-refractivity contribution in [1.82, 2.24) is 10.2 Å². The quantitative estimate of drug-likeness (QED) is 0.762. The van der Waals surface area contributed by atoms with Crippen molar-refractivity contribution in [1.29, 1.82) is 0 Å². The minimum absolute atomic E-state index is 0.0514. The van der Waals surface area contributed by atoms with Crippen LogP contribution in [0, 0.1) is 0 Å². The maximum atomic E-state index is 12.8. The molecule has 1 N–H and O–H groups in total. The van der Waals surface area contributed by atoms with Gasteiger partial charge in [-0.25, -0.2) is 0 Å². The van der Waals surface area contributed by atoms with Crippen molar-refractivity contribution in [2.75, 3.05) is 6.54 Å². The lowest BCUT2D eigenvalue weighted by Crippen LogP contribution is -2.37. The average molecular weight is 342 g/mol. The zero-order valence-corrected chi connectivity index (χ0v) is 14.6. The number of hydrogen-bond acceptors (Lipinski definition) is 2. The molecule has 0 atom stereocenters. The van der Waals surface area contributed by atoms with Gasteiger partial charge >= 0.3 is 0 Å². The first-order valence-corrected chi connectivity index (χ1v) is 8.98. The normalized spacial score (nSPS) is 13.6. The summed E-state index contributed by atoms with van der Waals surface area (Å²) < 4.78 is 0. The van der Waals surface area contributed by atoms with Gasteiger partial charge in [-0.05, 0) is 22.3 Å². The standard InChI is InChI=1S/C23H22N2O/c26-22(17-25-15-20-13-7-8-14-21(20)16-25)24-23(18-9-3-1-4-10-18)19-11-5-2-6-12-19/h1-14,23H,15-17H2,(H,24,26). The molecular formula is C23H22N2O. The van der Waals surface area contributed by atoms with Gasteiger partial charge in [0, 0.05) is 13.1 Å². The molecule has 3 aromatic rings. The van der Waals surface area contributed by atoms with E-state index < -0.39 is 0 Å². The van der Waals surface area contributed by atoms with Gasteiger partial charge < -0.3 is 5.32 Å². The fraction of sp³-hybridized carbons (Fsp3) is 0.174. The van der Waals surface area contributed by atoms with Gasteiger partial charge in [0.1, 0.15) is 0 Å². The third-order valence-electron chi connectivity index (χ3n) is 4.84. The Morgan fingerprint density at radius 3 is 1.73 bits per heavy atom. The van der Waals surface area contributed by atoms with E-state index in [1.807, 2.05) is 36.4 Å². The van der Waals surface area contributed by atoms with Crippen molar-refractivity contribution >= 4 is 5.91 Å². The van der Waals surface area contributed by atoms with Crippen molar-refractivity contribution in [3.63, 3.8) is 0 Å². The van der Waals surface area contributed by atoms with Crippen LogP contribution in [-0.2, 0) is 17.9 Å². The van der Waals surface area contributed by atoms with Crippen LogP contribution in [0.2, 0.25) is 0 Å². The molecule has 1 amide bonds. The first-order valence-electron chi connectivity index (χ1n) is 8.98. The predicted molar refractivity (Wildman–Crippen MR) is 103 cm³/mol. The van der Waals surface area contributed by atoms with Crippen LogP contribution in [0.25, 0.3) is 0 Å². The van der Waals surface area contributed by atoms with Gasteiger partial charge in [-0.15, -0.1) is 0 Å². The highest BCUT2D eigenvalue weighted by Crippen LogP contribution is 2.23. The summed E-state index contributed by atoms with van der Waals surface area (Å²) in [6.07, 6.45) is 0. The Morgan fingerprint density at radius 1 is 0.769 bits per heavy atom. The van der Waals surface area contributed by atoms with Gasteiger partial charge in [-0.1, -0.05) is 84.9 Å². The Morgan fingerprint density at radius 2 is 1.23 bits per heavy atom. The summed E-state index contributed by atoms with van der Waals surface area (Å²) >= 11 is 0. The maximum absolute atomic E-state index is 12.8. The summed E-state index contributed by atoms with van der Waals surface area (Å²) in [7, 11) is 0. The van der Waals surface area contributed by atoms with E-state index in [2.05, 4.69) is 58.7 Å². The molecule has 1 aliphatic heterocycles. The van der Waals surface area contributed by atoms with E-state index in [-0.39, 0.29) is 11.9 Å². The molecule has 0 saturated carbocycles. The molecule has 26 heavy (non-hydrogen) atoms. The zero-order chi connectivity index (χ0) is 17.8. The van der Waals surface area contributed by atoms with Crippen molar-refractivity contribution in [3.05, 3.63) is 107 Å². The summed E-state index contributed by atoms with van der Waals surface area (Å²) in [5.74, 6) is 0.0514. The lowest BCUT2D eigenvalue weighted by atomic mass is 9.99. The molecular weight excluding hydrogens is 320 g/mol. The van der Waals surface area contributed by atoms with Crippen LogP contribution in [0.3, 0.4) is 0 Å². The van der Waals surface area contributed by atoms with Crippen molar-refractivity contribution in [3.8, 4) is 0 Å². The van der Waals surface area contributed by atoms with Crippen LogP contribution in [0.5, 0.6) is 0 Å². The topological polar surface area (TPSA) is 32.3 Å². The van der Waals surface area contributed by atoms with Crippen LogP contribution in [-0.4, -0.2) is 17.4 Å². The minimum Gasteiger partial charge on any atom is -0.344 e. The summed E-state index contributed by atoms with van der Waals surface area (Å²) in [4.78, 5) is 14.9. The SMILES string of the molecule is O=C(CN1Cc2ccccc2C1)NC(c1ccccc1)c1ccccc1. The number of hydrogen-bond donors (Lipinski definition) is 1. The van der Waals surface area contributed by atoms with Gasteiger partial charge in [-0.2, -0.15) is 0 Å². The molecule has 0 unspecified atom stereocenters. The number of benzene rings is 3. The molecule has 130 valence electrons. The molecule has 1 aliphatic rings. The summed E-state index contributed by atoms with van der Waals surface area (Å²) in [6, 6.07) is 28.5.